The summed E-state index contributed by atoms with van der Waals surface area (Å²) < 4.78 is 0. The Hall–Kier alpha value is -4.07. The standard InChI is InChI=1S/C19H14N6O2/c26-25(27)19-9-5-4-6-14(19)13-20-21-15-10-11-17-18(12-15)23-24(22-17)16-7-2-1-3-8-16/h1-13,21H. The minimum atomic E-state index is -0.435. The van der Waals surface area contributed by atoms with Gasteiger partial charge in [-0.2, -0.15) is 9.90 Å². The summed E-state index contributed by atoms with van der Waals surface area (Å²) in [5.41, 5.74) is 6.34. The topological polar surface area (TPSA) is 98.2 Å². The van der Waals surface area contributed by atoms with Crippen molar-refractivity contribution >= 4 is 28.6 Å². The molecule has 0 unspecified atom stereocenters. The van der Waals surface area contributed by atoms with E-state index >= 15 is 0 Å². The number of para-hydroxylation sites is 2. The van der Waals surface area contributed by atoms with Crippen LogP contribution in [-0.4, -0.2) is 26.1 Å². The highest BCUT2D eigenvalue weighted by atomic mass is 16.6. The van der Waals surface area contributed by atoms with E-state index in [1.165, 1.54) is 12.3 Å². The van der Waals surface area contributed by atoms with Crippen molar-refractivity contribution in [3.05, 3.63) is 88.5 Å². The fourth-order valence-electron chi connectivity index (χ4n) is 2.60. The van der Waals surface area contributed by atoms with E-state index in [0.29, 0.717) is 16.8 Å². The van der Waals surface area contributed by atoms with Crippen molar-refractivity contribution in [2.75, 3.05) is 5.43 Å². The van der Waals surface area contributed by atoms with Gasteiger partial charge in [0.05, 0.1) is 28.1 Å². The van der Waals surface area contributed by atoms with Gasteiger partial charge in [0.2, 0.25) is 0 Å². The van der Waals surface area contributed by atoms with E-state index in [2.05, 4.69) is 20.7 Å². The summed E-state index contributed by atoms with van der Waals surface area (Å²) in [6.45, 7) is 0. The van der Waals surface area contributed by atoms with E-state index in [1.54, 1.807) is 23.0 Å². The molecule has 0 spiro atoms. The number of nitrogens with zero attached hydrogens (tertiary/aromatic N) is 5. The van der Waals surface area contributed by atoms with Crippen molar-refractivity contribution in [3.8, 4) is 5.69 Å². The van der Waals surface area contributed by atoms with E-state index in [-0.39, 0.29) is 5.69 Å². The third kappa shape index (κ3) is 3.49. The number of fused-ring (bicyclic) bond motifs is 1. The predicted molar refractivity (Wildman–Crippen MR) is 103 cm³/mol. The van der Waals surface area contributed by atoms with Gasteiger partial charge in [-0.05, 0) is 36.4 Å². The van der Waals surface area contributed by atoms with Crippen LogP contribution in [0.25, 0.3) is 16.7 Å². The van der Waals surface area contributed by atoms with Gasteiger partial charge in [-0.15, -0.1) is 10.2 Å². The number of rotatable bonds is 5. The summed E-state index contributed by atoms with van der Waals surface area (Å²) >= 11 is 0. The Bertz CT molecular complexity index is 1140. The Morgan fingerprint density at radius 1 is 0.963 bits per heavy atom. The number of hydrogen-bond acceptors (Lipinski definition) is 6. The smallest absolute Gasteiger partial charge is 0.278 e. The SMILES string of the molecule is O=[N+]([O-])c1ccccc1C=NNc1ccc2nn(-c3ccccc3)nc2c1. The van der Waals surface area contributed by atoms with Crippen LogP contribution >= 0.6 is 0 Å². The summed E-state index contributed by atoms with van der Waals surface area (Å²) in [4.78, 5) is 12.2. The molecule has 0 amide bonds. The molecule has 0 fully saturated rings. The maximum atomic E-state index is 11.0. The molecule has 8 heteroatoms. The second-order valence-corrected chi connectivity index (χ2v) is 5.71. The van der Waals surface area contributed by atoms with E-state index in [1.807, 2.05) is 48.5 Å². The van der Waals surface area contributed by atoms with Gasteiger partial charge in [-0.25, -0.2) is 0 Å². The first-order valence-electron chi connectivity index (χ1n) is 8.16. The summed E-state index contributed by atoms with van der Waals surface area (Å²) in [6, 6.07) is 21.5. The molecular formula is C19H14N6O2. The fraction of sp³-hybridized carbons (Fsp3) is 0. The molecule has 1 N–H and O–H groups in total. The van der Waals surface area contributed by atoms with Gasteiger partial charge in [0.25, 0.3) is 5.69 Å². The highest BCUT2D eigenvalue weighted by Crippen LogP contribution is 2.18. The minimum Gasteiger partial charge on any atom is -0.278 e. The Kier molecular flexibility index (Phi) is 4.28. The van der Waals surface area contributed by atoms with Crippen LogP contribution in [0, 0.1) is 10.1 Å². The molecule has 0 radical (unpaired) electrons. The molecule has 8 nitrogen and oxygen atoms in total. The Morgan fingerprint density at radius 3 is 2.52 bits per heavy atom. The number of hydrogen-bond donors (Lipinski definition) is 1. The van der Waals surface area contributed by atoms with Gasteiger partial charge in [0.1, 0.15) is 11.0 Å². The third-order valence-electron chi connectivity index (χ3n) is 3.90. The summed E-state index contributed by atoms with van der Waals surface area (Å²) in [6.07, 6.45) is 1.42. The molecule has 0 atom stereocenters. The molecule has 4 rings (SSSR count). The third-order valence-corrected chi connectivity index (χ3v) is 3.90. The first-order chi connectivity index (χ1) is 13.2. The largest absolute Gasteiger partial charge is 0.278 e. The van der Waals surface area contributed by atoms with Crippen molar-refractivity contribution in [3.63, 3.8) is 0 Å². The average molecular weight is 358 g/mol. The van der Waals surface area contributed by atoms with Crippen LogP contribution in [0.5, 0.6) is 0 Å². The van der Waals surface area contributed by atoms with Crippen LogP contribution in [0.2, 0.25) is 0 Å². The molecule has 0 aliphatic rings. The van der Waals surface area contributed by atoms with E-state index in [4.69, 9.17) is 0 Å². The molecule has 0 aliphatic carbocycles. The quantitative estimate of drug-likeness (QED) is 0.333. The van der Waals surface area contributed by atoms with Crippen molar-refractivity contribution < 1.29 is 4.92 Å². The summed E-state index contributed by atoms with van der Waals surface area (Å²) in [7, 11) is 0. The highest BCUT2D eigenvalue weighted by molar-refractivity contribution is 5.86. The normalized spacial score (nSPS) is 11.1. The van der Waals surface area contributed by atoms with Gasteiger partial charge >= 0.3 is 0 Å². The Balaban J connectivity index is 1.56. The summed E-state index contributed by atoms with van der Waals surface area (Å²) in [5, 5.41) is 24.0. The van der Waals surface area contributed by atoms with Crippen LogP contribution in [0.15, 0.2) is 77.9 Å². The van der Waals surface area contributed by atoms with Crippen LogP contribution < -0.4 is 5.43 Å². The lowest BCUT2D eigenvalue weighted by Crippen LogP contribution is -1.97. The molecule has 0 saturated carbocycles. The average Bonchev–Trinajstić information content (AvgIpc) is 3.12. The van der Waals surface area contributed by atoms with Gasteiger partial charge < -0.3 is 0 Å². The molecule has 1 heterocycles. The predicted octanol–water partition coefficient (Wildman–Crippen LogP) is 3.77. The van der Waals surface area contributed by atoms with Crippen molar-refractivity contribution in [2.45, 2.75) is 0 Å². The number of benzene rings is 3. The number of nitrogens with one attached hydrogen (secondary N) is 1. The zero-order valence-corrected chi connectivity index (χ0v) is 14.1. The minimum absolute atomic E-state index is 0.00399. The monoisotopic (exact) mass is 358 g/mol. The van der Waals surface area contributed by atoms with Crippen LogP contribution in [-0.2, 0) is 0 Å². The maximum absolute atomic E-state index is 11.0. The van der Waals surface area contributed by atoms with Crippen LogP contribution in [0.3, 0.4) is 0 Å². The maximum Gasteiger partial charge on any atom is 0.278 e. The van der Waals surface area contributed by atoms with E-state index in [0.717, 1.165) is 11.2 Å². The molecule has 0 saturated heterocycles. The Morgan fingerprint density at radius 2 is 1.70 bits per heavy atom. The fourth-order valence-corrected chi connectivity index (χ4v) is 2.60. The molecule has 132 valence electrons. The number of aromatic nitrogens is 3. The van der Waals surface area contributed by atoms with Gasteiger partial charge in [0.15, 0.2) is 0 Å². The van der Waals surface area contributed by atoms with Crippen molar-refractivity contribution in [2.24, 2.45) is 5.10 Å². The lowest BCUT2D eigenvalue weighted by Gasteiger charge is -1.99. The van der Waals surface area contributed by atoms with E-state index in [9.17, 15) is 10.1 Å². The van der Waals surface area contributed by atoms with Crippen molar-refractivity contribution in [1.29, 1.82) is 0 Å². The second kappa shape index (κ2) is 7.04. The van der Waals surface area contributed by atoms with Crippen molar-refractivity contribution in [1.82, 2.24) is 15.0 Å². The number of nitro groups is 1. The first kappa shape index (κ1) is 16.4. The zero-order chi connectivity index (χ0) is 18.6. The van der Waals surface area contributed by atoms with Crippen LogP contribution in [0.1, 0.15) is 5.56 Å². The lowest BCUT2D eigenvalue weighted by atomic mass is 10.2. The lowest BCUT2D eigenvalue weighted by molar-refractivity contribution is -0.385. The first-order valence-corrected chi connectivity index (χ1v) is 8.16. The molecule has 27 heavy (non-hydrogen) atoms. The highest BCUT2D eigenvalue weighted by Gasteiger charge is 2.10. The number of hydrazone groups is 1. The summed E-state index contributed by atoms with van der Waals surface area (Å²) in [5.74, 6) is 0. The number of anilines is 1. The zero-order valence-electron chi connectivity index (χ0n) is 14.1. The molecule has 0 aliphatic heterocycles. The molecule has 4 aromatic rings. The van der Waals surface area contributed by atoms with E-state index < -0.39 is 4.92 Å². The van der Waals surface area contributed by atoms with Crippen LogP contribution in [0.4, 0.5) is 11.4 Å². The van der Waals surface area contributed by atoms with Gasteiger partial charge in [-0.1, -0.05) is 30.3 Å². The molecular weight excluding hydrogens is 344 g/mol. The Labute approximate surface area is 153 Å². The van der Waals surface area contributed by atoms with Gasteiger partial charge in [0, 0.05) is 6.07 Å². The number of nitro benzene ring substituents is 1. The second-order valence-electron chi connectivity index (χ2n) is 5.71. The molecule has 1 aromatic heterocycles. The van der Waals surface area contributed by atoms with Gasteiger partial charge in [-0.3, -0.25) is 15.5 Å². The molecule has 0 bridgehead atoms. The molecule has 3 aromatic carbocycles.